The molecule has 1 saturated heterocycles. The number of piperidine rings is 1. The number of likely N-dealkylation sites (tertiary alicyclic amines) is 1. The van der Waals surface area contributed by atoms with Crippen LogP contribution in [0.2, 0.25) is 0 Å². The molecule has 0 saturated carbocycles. The van der Waals surface area contributed by atoms with Crippen LogP contribution in [0, 0.1) is 24.2 Å². The Labute approximate surface area is 208 Å². The third kappa shape index (κ3) is 7.79. The van der Waals surface area contributed by atoms with Crippen LogP contribution in [0.1, 0.15) is 31.7 Å². The lowest BCUT2D eigenvalue weighted by Gasteiger charge is -2.34. The van der Waals surface area contributed by atoms with Gasteiger partial charge in [0.1, 0.15) is 5.75 Å². The van der Waals surface area contributed by atoms with E-state index in [1.54, 1.807) is 29.2 Å². The number of rotatable bonds is 11. The second-order valence-corrected chi connectivity index (χ2v) is 10.6. The average molecular weight is 499 g/mol. The second kappa shape index (κ2) is 12.7. The SMILES string of the molecule is CCOc1ccc(N(CCC#N)C(=O)CN2CCCC(CNS(=O)(=O)c3ccc(C)cc3)C2)cc1. The monoisotopic (exact) mass is 498 g/mol. The molecule has 1 aliphatic heterocycles. The minimum absolute atomic E-state index is 0.0784. The molecule has 188 valence electrons. The van der Waals surface area contributed by atoms with Crippen molar-refractivity contribution < 1.29 is 17.9 Å². The molecule has 1 fully saturated rings. The van der Waals surface area contributed by atoms with Crippen LogP contribution >= 0.6 is 0 Å². The van der Waals surface area contributed by atoms with E-state index >= 15 is 0 Å². The van der Waals surface area contributed by atoms with E-state index in [9.17, 15) is 13.2 Å². The molecule has 3 rings (SSSR count). The van der Waals surface area contributed by atoms with E-state index in [1.807, 2.05) is 38.1 Å². The Balaban J connectivity index is 1.59. The van der Waals surface area contributed by atoms with Gasteiger partial charge in [0.05, 0.1) is 30.5 Å². The van der Waals surface area contributed by atoms with E-state index in [0.717, 1.165) is 36.4 Å². The maximum absolute atomic E-state index is 13.2. The van der Waals surface area contributed by atoms with Crippen molar-refractivity contribution in [2.75, 3.05) is 44.2 Å². The Morgan fingerprint density at radius 1 is 1.20 bits per heavy atom. The van der Waals surface area contributed by atoms with Crippen molar-refractivity contribution in [3.8, 4) is 11.8 Å². The van der Waals surface area contributed by atoms with Gasteiger partial charge in [0.2, 0.25) is 15.9 Å². The molecule has 0 spiro atoms. The number of nitrogens with zero attached hydrogens (tertiary/aromatic N) is 3. The van der Waals surface area contributed by atoms with Crippen molar-refractivity contribution >= 4 is 21.6 Å². The summed E-state index contributed by atoms with van der Waals surface area (Å²) in [7, 11) is -3.57. The predicted octanol–water partition coefficient (Wildman–Crippen LogP) is 3.33. The van der Waals surface area contributed by atoms with Gasteiger partial charge in [-0.05, 0) is 75.5 Å². The van der Waals surface area contributed by atoms with Crippen molar-refractivity contribution in [3.63, 3.8) is 0 Å². The van der Waals surface area contributed by atoms with E-state index in [-0.39, 0.29) is 29.7 Å². The number of hydrogen-bond donors (Lipinski definition) is 1. The first kappa shape index (κ1) is 26.7. The summed E-state index contributed by atoms with van der Waals surface area (Å²) in [5, 5.41) is 9.06. The van der Waals surface area contributed by atoms with Crippen molar-refractivity contribution in [3.05, 3.63) is 54.1 Å². The van der Waals surface area contributed by atoms with Crippen LogP contribution in [-0.4, -0.2) is 58.6 Å². The summed E-state index contributed by atoms with van der Waals surface area (Å²) in [6.07, 6.45) is 2.03. The fourth-order valence-electron chi connectivity index (χ4n) is 4.22. The highest BCUT2D eigenvalue weighted by atomic mass is 32.2. The summed E-state index contributed by atoms with van der Waals surface area (Å²) >= 11 is 0. The number of anilines is 1. The van der Waals surface area contributed by atoms with Crippen LogP contribution in [0.15, 0.2) is 53.4 Å². The quantitative estimate of drug-likeness (QED) is 0.510. The summed E-state index contributed by atoms with van der Waals surface area (Å²) in [5.41, 5.74) is 1.73. The summed E-state index contributed by atoms with van der Waals surface area (Å²) < 4.78 is 33.5. The van der Waals surface area contributed by atoms with Gasteiger partial charge in [-0.2, -0.15) is 5.26 Å². The fraction of sp³-hybridized carbons (Fsp3) is 0.462. The topological polar surface area (TPSA) is 103 Å². The molecule has 2 aromatic rings. The lowest BCUT2D eigenvalue weighted by molar-refractivity contribution is -0.120. The number of hydrogen-bond acceptors (Lipinski definition) is 6. The number of amides is 1. The smallest absolute Gasteiger partial charge is 0.241 e. The van der Waals surface area contributed by atoms with Gasteiger partial charge in [-0.25, -0.2) is 13.1 Å². The van der Waals surface area contributed by atoms with E-state index in [2.05, 4.69) is 15.7 Å². The number of benzene rings is 2. The van der Waals surface area contributed by atoms with Gasteiger partial charge in [-0.1, -0.05) is 17.7 Å². The summed E-state index contributed by atoms with van der Waals surface area (Å²) in [6, 6.07) is 16.2. The Morgan fingerprint density at radius 3 is 2.57 bits per heavy atom. The molecule has 9 heteroatoms. The van der Waals surface area contributed by atoms with Crippen molar-refractivity contribution in [2.24, 2.45) is 5.92 Å². The predicted molar refractivity (Wildman–Crippen MR) is 136 cm³/mol. The number of nitrogens with one attached hydrogen (secondary N) is 1. The van der Waals surface area contributed by atoms with Gasteiger partial charge in [-0.3, -0.25) is 9.69 Å². The van der Waals surface area contributed by atoms with E-state index in [4.69, 9.17) is 10.00 Å². The van der Waals surface area contributed by atoms with Crippen molar-refractivity contribution in [2.45, 2.75) is 38.0 Å². The molecule has 2 aromatic carbocycles. The highest BCUT2D eigenvalue weighted by Gasteiger charge is 2.26. The molecule has 35 heavy (non-hydrogen) atoms. The van der Waals surface area contributed by atoms with Gasteiger partial charge in [0.25, 0.3) is 0 Å². The Bertz CT molecular complexity index is 1110. The lowest BCUT2D eigenvalue weighted by atomic mass is 9.98. The van der Waals surface area contributed by atoms with E-state index < -0.39 is 10.0 Å². The molecular formula is C26H34N4O4S. The Kier molecular flexibility index (Phi) is 9.66. The summed E-state index contributed by atoms with van der Waals surface area (Å²) in [5.74, 6) is 0.774. The standard InChI is InChI=1S/C26H34N4O4S/c1-3-34-24-11-9-23(10-12-24)30(17-5-15-27)26(31)20-29-16-4-6-22(19-29)18-28-35(32,33)25-13-7-21(2)8-14-25/h7-14,22,28H,3-6,16-20H2,1-2H3. The van der Waals surface area contributed by atoms with Crippen molar-refractivity contribution in [1.29, 1.82) is 5.26 Å². The van der Waals surface area contributed by atoms with Crippen LogP contribution in [-0.2, 0) is 14.8 Å². The van der Waals surface area contributed by atoms with E-state index in [1.165, 1.54) is 0 Å². The third-order valence-corrected chi connectivity index (χ3v) is 7.50. The molecule has 1 aliphatic rings. The lowest BCUT2D eigenvalue weighted by Crippen LogP contribution is -2.46. The zero-order valence-corrected chi connectivity index (χ0v) is 21.3. The van der Waals surface area contributed by atoms with Crippen LogP contribution < -0.4 is 14.4 Å². The van der Waals surface area contributed by atoms with Crippen LogP contribution in [0.25, 0.3) is 0 Å². The molecular weight excluding hydrogens is 464 g/mol. The molecule has 0 aromatic heterocycles. The minimum Gasteiger partial charge on any atom is -0.494 e. The van der Waals surface area contributed by atoms with Crippen LogP contribution in [0.5, 0.6) is 5.75 Å². The molecule has 1 N–H and O–H groups in total. The highest BCUT2D eigenvalue weighted by molar-refractivity contribution is 7.89. The molecule has 0 aliphatic carbocycles. The molecule has 1 unspecified atom stereocenters. The van der Waals surface area contributed by atoms with Gasteiger partial charge < -0.3 is 9.64 Å². The number of aryl methyl sites for hydroxylation is 1. The Hall–Kier alpha value is -2.93. The maximum atomic E-state index is 13.2. The Morgan fingerprint density at radius 2 is 1.91 bits per heavy atom. The summed E-state index contributed by atoms with van der Waals surface area (Å²) in [6.45, 7) is 6.68. The van der Waals surface area contributed by atoms with Gasteiger partial charge >= 0.3 is 0 Å². The first-order valence-electron chi connectivity index (χ1n) is 12.0. The highest BCUT2D eigenvalue weighted by Crippen LogP contribution is 2.22. The first-order chi connectivity index (χ1) is 16.8. The molecule has 0 bridgehead atoms. The fourth-order valence-corrected chi connectivity index (χ4v) is 5.33. The van der Waals surface area contributed by atoms with Crippen LogP contribution in [0.3, 0.4) is 0 Å². The molecule has 1 atom stereocenters. The van der Waals surface area contributed by atoms with Gasteiger partial charge in [0.15, 0.2) is 0 Å². The minimum atomic E-state index is -3.57. The second-order valence-electron chi connectivity index (χ2n) is 8.79. The van der Waals surface area contributed by atoms with Crippen molar-refractivity contribution in [1.82, 2.24) is 9.62 Å². The normalized spacial score (nSPS) is 16.4. The zero-order valence-electron chi connectivity index (χ0n) is 20.4. The molecule has 1 heterocycles. The summed E-state index contributed by atoms with van der Waals surface area (Å²) in [4.78, 5) is 17.2. The molecule has 0 radical (unpaired) electrons. The number of nitriles is 1. The van der Waals surface area contributed by atoms with E-state index in [0.29, 0.717) is 26.2 Å². The third-order valence-electron chi connectivity index (χ3n) is 6.06. The molecule has 8 nitrogen and oxygen atoms in total. The maximum Gasteiger partial charge on any atom is 0.241 e. The zero-order chi connectivity index (χ0) is 25.3. The van der Waals surface area contributed by atoms with Gasteiger partial charge in [-0.15, -0.1) is 0 Å². The average Bonchev–Trinajstić information content (AvgIpc) is 2.85. The number of ether oxygens (including phenoxy) is 1. The number of carbonyl (C=O) groups is 1. The van der Waals surface area contributed by atoms with Crippen LogP contribution in [0.4, 0.5) is 5.69 Å². The number of carbonyl (C=O) groups excluding carboxylic acids is 1. The number of sulfonamides is 1. The largest absolute Gasteiger partial charge is 0.494 e. The first-order valence-corrected chi connectivity index (χ1v) is 13.5. The molecule has 1 amide bonds. The van der Waals surface area contributed by atoms with Gasteiger partial charge in [0, 0.05) is 25.3 Å².